The maximum atomic E-state index is 13.3. The van der Waals surface area contributed by atoms with Crippen LogP contribution in [0.1, 0.15) is 50.7 Å². The minimum Gasteiger partial charge on any atom is -0.324 e. The molecule has 1 aliphatic heterocycles. The van der Waals surface area contributed by atoms with Crippen molar-refractivity contribution in [3.63, 3.8) is 0 Å². The molecule has 1 saturated heterocycles. The molecule has 0 saturated carbocycles. The van der Waals surface area contributed by atoms with Gasteiger partial charge in [-0.2, -0.15) is 0 Å². The number of halogens is 1. The van der Waals surface area contributed by atoms with E-state index in [1.807, 2.05) is 18.2 Å². The predicted molar refractivity (Wildman–Crippen MR) is 112 cm³/mol. The van der Waals surface area contributed by atoms with Crippen molar-refractivity contribution in [2.24, 2.45) is 0 Å². The van der Waals surface area contributed by atoms with Crippen molar-refractivity contribution in [3.8, 4) is 0 Å². The van der Waals surface area contributed by atoms with Crippen LogP contribution in [0.2, 0.25) is 0 Å². The highest BCUT2D eigenvalue weighted by molar-refractivity contribution is 6.10. The lowest BCUT2D eigenvalue weighted by Gasteiger charge is -2.25. The molecule has 1 heterocycles. The lowest BCUT2D eigenvalue weighted by Crippen LogP contribution is -2.44. The Morgan fingerprint density at radius 2 is 1.80 bits per heavy atom. The largest absolute Gasteiger partial charge is 0.325 e. The highest BCUT2D eigenvalue weighted by atomic mass is 19.1. The number of carbonyl (C=O) groups excluding carboxylic acids is 3. The highest BCUT2D eigenvalue weighted by Crippen LogP contribution is 2.33. The highest BCUT2D eigenvalue weighted by Gasteiger charge is 2.51. The monoisotopic (exact) mass is 411 g/mol. The molecule has 0 aliphatic carbocycles. The van der Waals surface area contributed by atoms with Crippen LogP contribution in [0.3, 0.4) is 0 Å². The van der Waals surface area contributed by atoms with Crippen LogP contribution in [-0.2, 0) is 15.1 Å². The van der Waals surface area contributed by atoms with Gasteiger partial charge in [0.1, 0.15) is 17.9 Å². The zero-order valence-corrected chi connectivity index (χ0v) is 17.4. The Labute approximate surface area is 175 Å². The van der Waals surface area contributed by atoms with E-state index in [1.165, 1.54) is 24.3 Å². The number of hydrogen-bond donors (Lipinski definition) is 2. The summed E-state index contributed by atoms with van der Waals surface area (Å²) in [5.74, 6) is -1.16. The zero-order chi connectivity index (χ0) is 21.9. The summed E-state index contributed by atoms with van der Waals surface area (Å²) in [4.78, 5) is 39.3. The average molecular weight is 411 g/mol. The maximum Gasteiger partial charge on any atom is 0.325 e. The molecule has 0 bridgehead atoms. The first kappa shape index (κ1) is 21.5. The topological polar surface area (TPSA) is 78.5 Å². The molecule has 2 atom stereocenters. The van der Waals surface area contributed by atoms with Gasteiger partial charge in [0, 0.05) is 5.69 Å². The Kier molecular flexibility index (Phi) is 6.20. The molecule has 30 heavy (non-hydrogen) atoms. The fourth-order valence-electron chi connectivity index (χ4n) is 3.74. The molecule has 1 aliphatic rings. The second kappa shape index (κ2) is 8.65. The van der Waals surface area contributed by atoms with Crippen molar-refractivity contribution in [1.29, 1.82) is 0 Å². The summed E-state index contributed by atoms with van der Waals surface area (Å²) >= 11 is 0. The van der Waals surface area contributed by atoms with Gasteiger partial charge in [-0.15, -0.1) is 0 Å². The van der Waals surface area contributed by atoms with Gasteiger partial charge in [0.05, 0.1) is 0 Å². The number of nitrogens with one attached hydrogen (secondary N) is 2. The minimum absolute atomic E-state index is 0.254. The summed E-state index contributed by atoms with van der Waals surface area (Å²) in [5.41, 5.74) is 0.846. The van der Waals surface area contributed by atoms with E-state index in [1.54, 1.807) is 13.0 Å². The standard InChI is InChI=1S/C23H26FN3O3/c1-4-15(3)18-8-6-7-9-19(18)25-20(28)14-27-21(29)23(5-2,26-22(27)30)16-10-12-17(24)13-11-16/h6-13,15H,4-5,14H2,1-3H3,(H,25,28)(H,26,30)/t15-,23+/m0/s1. The third-order valence-electron chi connectivity index (χ3n) is 5.72. The lowest BCUT2D eigenvalue weighted by atomic mass is 9.87. The number of rotatable bonds is 7. The number of amides is 4. The average Bonchev–Trinajstić information content (AvgIpc) is 2.99. The van der Waals surface area contributed by atoms with E-state index in [9.17, 15) is 18.8 Å². The van der Waals surface area contributed by atoms with Gasteiger partial charge in [0.15, 0.2) is 0 Å². The number of imide groups is 1. The molecule has 158 valence electrons. The molecule has 0 aromatic heterocycles. The van der Waals surface area contributed by atoms with Crippen LogP contribution in [0.5, 0.6) is 0 Å². The number of urea groups is 1. The molecule has 1 fully saturated rings. The van der Waals surface area contributed by atoms with E-state index in [2.05, 4.69) is 24.5 Å². The molecule has 0 unspecified atom stereocenters. The number of para-hydroxylation sites is 1. The molecular weight excluding hydrogens is 385 g/mol. The number of benzene rings is 2. The summed E-state index contributed by atoms with van der Waals surface area (Å²) in [6.45, 7) is 5.49. The number of nitrogens with zero attached hydrogens (tertiary/aromatic N) is 1. The first-order chi connectivity index (χ1) is 14.3. The third kappa shape index (κ3) is 3.92. The summed E-state index contributed by atoms with van der Waals surface area (Å²) in [7, 11) is 0. The van der Waals surface area contributed by atoms with Gasteiger partial charge in [-0.25, -0.2) is 9.18 Å². The van der Waals surface area contributed by atoms with Crippen LogP contribution in [0.15, 0.2) is 48.5 Å². The summed E-state index contributed by atoms with van der Waals surface area (Å²) in [6.07, 6.45) is 1.19. The van der Waals surface area contributed by atoms with Crippen molar-refractivity contribution < 1.29 is 18.8 Å². The van der Waals surface area contributed by atoms with Crippen molar-refractivity contribution >= 4 is 23.5 Å². The lowest BCUT2D eigenvalue weighted by molar-refractivity contribution is -0.134. The normalized spacial score (nSPS) is 19.5. The first-order valence-corrected chi connectivity index (χ1v) is 10.1. The summed E-state index contributed by atoms with van der Waals surface area (Å²) < 4.78 is 13.3. The SMILES string of the molecule is CC[C@H](C)c1ccccc1NC(=O)CN1C(=O)N[C@](CC)(c2ccc(F)cc2)C1=O. The van der Waals surface area contributed by atoms with Crippen LogP contribution >= 0.6 is 0 Å². The van der Waals surface area contributed by atoms with Crippen LogP contribution in [0, 0.1) is 5.82 Å². The van der Waals surface area contributed by atoms with Crippen molar-refractivity contribution in [2.75, 3.05) is 11.9 Å². The Morgan fingerprint density at radius 3 is 2.43 bits per heavy atom. The quantitative estimate of drug-likeness (QED) is 0.673. The molecule has 3 rings (SSSR count). The first-order valence-electron chi connectivity index (χ1n) is 10.1. The van der Waals surface area contributed by atoms with Crippen LogP contribution in [-0.4, -0.2) is 29.3 Å². The number of hydrogen-bond acceptors (Lipinski definition) is 3. The molecular formula is C23H26FN3O3. The fraction of sp³-hybridized carbons (Fsp3) is 0.348. The van der Waals surface area contributed by atoms with Crippen LogP contribution < -0.4 is 10.6 Å². The molecule has 4 amide bonds. The van der Waals surface area contributed by atoms with Gasteiger partial charge in [0.2, 0.25) is 5.91 Å². The van der Waals surface area contributed by atoms with Crippen molar-refractivity contribution in [1.82, 2.24) is 10.2 Å². The van der Waals surface area contributed by atoms with Crippen molar-refractivity contribution in [2.45, 2.75) is 45.1 Å². The van der Waals surface area contributed by atoms with Crippen molar-refractivity contribution in [3.05, 3.63) is 65.5 Å². The Morgan fingerprint density at radius 1 is 1.13 bits per heavy atom. The summed E-state index contributed by atoms with van der Waals surface area (Å²) in [6, 6.07) is 12.3. The Bertz CT molecular complexity index is 960. The second-order valence-corrected chi connectivity index (χ2v) is 7.53. The van der Waals surface area contributed by atoms with Crippen LogP contribution in [0.4, 0.5) is 14.9 Å². The molecule has 0 spiro atoms. The van der Waals surface area contributed by atoms with Gasteiger partial charge >= 0.3 is 6.03 Å². The Hall–Kier alpha value is -3.22. The van der Waals surface area contributed by atoms with Crippen LogP contribution in [0.25, 0.3) is 0 Å². The van der Waals surface area contributed by atoms with E-state index < -0.39 is 35.7 Å². The molecule has 2 aromatic carbocycles. The molecule has 6 nitrogen and oxygen atoms in total. The second-order valence-electron chi connectivity index (χ2n) is 7.53. The number of carbonyl (C=O) groups is 3. The molecule has 7 heteroatoms. The van der Waals surface area contributed by atoms with E-state index in [0.29, 0.717) is 11.3 Å². The van der Waals surface area contributed by atoms with Gasteiger partial charge in [0.25, 0.3) is 5.91 Å². The minimum atomic E-state index is -1.31. The third-order valence-corrected chi connectivity index (χ3v) is 5.72. The predicted octanol–water partition coefficient (Wildman–Crippen LogP) is 4.14. The van der Waals surface area contributed by atoms with E-state index in [4.69, 9.17) is 0 Å². The van der Waals surface area contributed by atoms with E-state index in [-0.39, 0.29) is 12.3 Å². The van der Waals surface area contributed by atoms with Gasteiger partial charge in [-0.3, -0.25) is 14.5 Å². The van der Waals surface area contributed by atoms with E-state index in [0.717, 1.165) is 16.9 Å². The molecule has 0 radical (unpaired) electrons. The smallest absolute Gasteiger partial charge is 0.324 e. The summed E-state index contributed by atoms with van der Waals surface area (Å²) in [5, 5.41) is 5.52. The fourth-order valence-corrected chi connectivity index (χ4v) is 3.74. The number of anilines is 1. The van der Waals surface area contributed by atoms with Gasteiger partial charge in [-0.05, 0) is 48.1 Å². The van der Waals surface area contributed by atoms with E-state index >= 15 is 0 Å². The molecule has 2 N–H and O–H groups in total. The zero-order valence-electron chi connectivity index (χ0n) is 17.4. The maximum absolute atomic E-state index is 13.3. The van der Waals surface area contributed by atoms with Gasteiger partial charge in [-0.1, -0.05) is 51.1 Å². The molecule has 2 aromatic rings. The Balaban J connectivity index is 1.79. The van der Waals surface area contributed by atoms with Gasteiger partial charge < -0.3 is 10.6 Å².